The van der Waals surface area contributed by atoms with Crippen molar-refractivity contribution >= 4 is 40.0 Å². The van der Waals surface area contributed by atoms with Crippen LogP contribution in [0.15, 0.2) is 54.1 Å². The van der Waals surface area contributed by atoms with Gasteiger partial charge < -0.3 is 19.5 Å². The number of benzene rings is 2. The Morgan fingerprint density at radius 2 is 1.84 bits per heavy atom. The van der Waals surface area contributed by atoms with Crippen molar-refractivity contribution in [2.45, 2.75) is 32.2 Å². The van der Waals surface area contributed by atoms with Crippen molar-refractivity contribution in [1.29, 1.82) is 0 Å². The number of nitrogens with zero attached hydrogens (tertiary/aromatic N) is 1. The quantitative estimate of drug-likeness (QED) is 0.150. The van der Waals surface area contributed by atoms with Gasteiger partial charge >= 0.3 is 0 Å². The number of hydrogen-bond acceptors (Lipinski definition) is 5. The monoisotopic (exact) mass is 549 g/mol. The fourth-order valence-electron chi connectivity index (χ4n) is 3.70. The van der Waals surface area contributed by atoms with Crippen LogP contribution in [-0.2, 0) is 14.3 Å². The zero-order valence-electron chi connectivity index (χ0n) is 18.3. The number of aliphatic hydroxyl groups excluding tert-OH is 1. The molecule has 1 N–H and O–H groups in total. The van der Waals surface area contributed by atoms with E-state index in [9.17, 15) is 14.7 Å². The molecule has 6 nitrogen and oxygen atoms in total. The van der Waals surface area contributed by atoms with Gasteiger partial charge in [0.2, 0.25) is 0 Å². The average Bonchev–Trinajstić information content (AvgIpc) is 3.05. The van der Waals surface area contributed by atoms with Gasteiger partial charge in [-0.3, -0.25) is 9.59 Å². The summed E-state index contributed by atoms with van der Waals surface area (Å²) in [6.07, 6.45) is 2.53. The molecule has 32 heavy (non-hydrogen) atoms. The van der Waals surface area contributed by atoms with Crippen LogP contribution in [0, 0.1) is 3.57 Å². The van der Waals surface area contributed by atoms with Crippen LogP contribution in [0.25, 0.3) is 5.76 Å². The van der Waals surface area contributed by atoms with E-state index in [1.807, 2.05) is 30.3 Å². The molecule has 7 heteroatoms. The van der Waals surface area contributed by atoms with E-state index in [1.54, 1.807) is 25.3 Å². The van der Waals surface area contributed by atoms with Crippen LogP contribution in [0.1, 0.15) is 43.4 Å². The first kappa shape index (κ1) is 24.3. The second-order valence-electron chi connectivity index (χ2n) is 7.62. The highest BCUT2D eigenvalue weighted by Crippen LogP contribution is 2.40. The topological polar surface area (TPSA) is 76.1 Å². The molecule has 1 amide bonds. The number of aliphatic hydroxyl groups is 1. The summed E-state index contributed by atoms with van der Waals surface area (Å²) < 4.78 is 11.9. The lowest BCUT2D eigenvalue weighted by atomic mass is 9.95. The molecule has 1 unspecified atom stereocenters. The second-order valence-corrected chi connectivity index (χ2v) is 8.87. The number of likely N-dealkylation sites (tertiary alicyclic amines) is 1. The van der Waals surface area contributed by atoms with E-state index in [-0.39, 0.29) is 11.3 Å². The summed E-state index contributed by atoms with van der Waals surface area (Å²) in [5, 5.41) is 11.2. The van der Waals surface area contributed by atoms with Crippen molar-refractivity contribution in [2.75, 3.05) is 26.9 Å². The van der Waals surface area contributed by atoms with Crippen LogP contribution in [-0.4, -0.2) is 48.6 Å². The van der Waals surface area contributed by atoms with Crippen LogP contribution in [0.3, 0.4) is 0 Å². The third-order valence-corrected chi connectivity index (χ3v) is 6.07. The van der Waals surface area contributed by atoms with Gasteiger partial charge in [-0.1, -0.05) is 37.6 Å². The van der Waals surface area contributed by atoms with E-state index in [4.69, 9.17) is 9.47 Å². The summed E-state index contributed by atoms with van der Waals surface area (Å²) in [6, 6.07) is 14.0. The molecule has 1 saturated heterocycles. The number of amides is 1. The highest BCUT2D eigenvalue weighted by atomic mass is 127. The normalized spacial score (nSPS) is 17.7. The molecule has 1 fully saturated rings. The van der Waals surface area contributed by atoms with Gasteiger partial charge in [-0.05, 0) is 65.3 Å². The molecule has 1 aliphatic heterocycles. The maximum Gasteiger partial charge on any atom is 0.295 e. The smallest absolute Gasteiger partial charge is 0.295 e. The van der Waals surface area contributed by atoms with Crippen molar-refractivity contribution < 1.29 is 24.2 Å². The minimum absolute atomic E-state index is 0.0966. The Hall–Kier alpha value is -2.39. The Labute approximate surface area is 202 Å². The summed E-state index contributed by atoms with van der Waals surface area (Å²) in [6.45, 7) is 3.49. The molecular weight excluding hydrogens is 521 g/mol. The number of carbonyl (C=O) groups excluding carboxylic acids is 2. The summed E-state index contributed by atoms with van der Waals surface area (Å²) in [7, 11) is 1.60. The number of hydrogen-bond donors (Lipinski definition) is 1. The van der Waals surface area contributed by atoms with E-state index < -0.39 is 17.7 Å². The first-order valence-corrected chi connectivity index (χ1v) is 11.8. The lowest BCUT2D eigenvalue weighted by Gasteiger charge is -2.25. The molecule has 170 valence electrons. The number of halogens is 1. The van der Waals surface area contributed by atoms with Gasteiger partial charge in [0.1, 0.15) is 11.5 Å². The Morgan fingerprint density at radius 1 is 1.09 bits per heavy atom. The molecule has 2 aromatic rings. The average molecular weight is 549 g/mol. The summed E-state index contributed by atoms with van der Waals surface area (Å²) >= 11 is 2.21. The third-order valence-electron chi connectivity index (χ3n) is 5.35. The lowest BCUT2D eigenvalue weighted by molar-refractivity contribution is -0.140. The number of ether oxygens (including phenoxy) is 2. The predicted molar refractivity (Wildman–Crippen MR) is 132 cm³/mol. The van der Waals surface area contributed by atoms with Crippen LogP contribution in [0.2, 0.25) is 0 Å². The highest BCUT2D eigenvalue weighted by molar-refractivity contribution is 14.1. The van der Waals surface area contributed by atoms with Gasteiger partial charge in [0, 0.05) is 29.4 Å². The standard InChI is InChI=1S/C25H28INO5/c1-3-4-15-32-20-8-5-7-18(16-20)23(28)21-22(17-9-11-19(26)12-10-17)27(13-6-14-31-2)25(30)24(21)29/h5,7-12,16,22,28H,3-4,6,13-15H2,1-2H3. The Balaban J connectivity index is 2.03. The number of rotatable bonds is 10. The molecule has 0 spiro atoms. The zero-order chi connectivity index (χ0) is 23.1. The minimum atomic E-state index is -0.680. The first-order valence-electron chi connectivity index (χ1n) is 10.7. The van der Waals surface area contributed by atoms with E-state index in [0.29, 0.717) is 37.5 Å². The molecule has 3 rings (SSSR count). The molecule has 0 radical (unpaired) electrons. The summed E-state index contributed by atoms with van der Waals surface area (Å²) in [5.41, 5.74) is 1.32. The van der Waals surface area contributed by atoms with E-state index in [2.05, 4.69) is 29.5 Å². The summed E-state index contributed by atoms with van der Waals surface area (Å²) in [5.74, 6) is -0.868. The molecule has 1 atom stereocenters. The van der Waals surface area contributed by atoms with Crippen molar-refractivity contribution in [2.24, 2.45) is 0 Å². The number of methoxy groups -OCH3 is 1. The predicted octanol–water partition coefficient (Wildman–Crippen LogP) is 4.93. The number of unbranched alkanes of at least 4 members (excludes halogenated alkanes) is 1. The second kappa shape index (κ2) is 11.5. The zero-order valence-corrected chi connectivity index (χ0v) is 20.5. The van der Waals surface area contributed by atoms with Crippen LogP contribution in [0.5, 0.6) is 5.75 Å². The fourth-order valence-corrected chi connectivity index (χ4v) is 4.06. The molecule has 0 aromatic heterocycles. The van der Waals surface area contributed by atoms with Gasteiger partial charge in [0.25, 0.3) is 11.7 Å². The lowest BCUT2D eigenvalue weighted by Crippen LogP contribution is -2.31. The van der Waals surface area contributed by atoms with Gasteiger partial charge in [-0.25, -0.2) is 0 Å². The highest BCUT2D eigenvalue weighted by Gasteiger charge is 2.45. The van der Waals surface area contributed by atoms with E-state index in [0.717, 1.165) is 22.0 Å². The van der Waals surface area contributed by atoms with Gasteiger partial charge in [0.15, 0.2) is 0 Å². The Morgan fingerprint density at radius 3 is 2.53 bits per heavy atom. The molecule has 0 saturated carbocycles. The molecule has 1 aliphatic rings. The molecule has 0 aliphatic carbocycles. The van der Waals surface area contributed by atoms with Crippen molar-refractivity contribution in [3.05, 3.63) is 68.8 Å². The molecule has 1 heterocycles. The Bertz CT molecular complexity index is 986. The Kier molecular flexibility index (Phi) is 8.69. The maximum atomic E-state index is 13.0. The largest absolute Gasteiger partial charge is 0.507 e. The van der Waals surface area contributed by atoms with Crippen LogP contribution < -0.4 is 4.74 Å². The van der Waals surface area contributed by atoms with Crippen molar-refractivity contribution in [1.82, 2.24) is 4.90 Å². The summed E-state index contributed by atoms with van der Waals surface area (Å²) in [4.78, 5) is 27.5. The molecule has 2 aromatic carbocycles. The maximum absolute atomic E-state index is 13.0. The van der Waals surface area contributed by atoms with Crippen LogP contribution >= 0.6 is 22.6 Å². The number of ketones is 1. The number of carbonyl (C=O) groups is 2. The van der Waals surface area contributed by atoms with Gasteiger partial charge in [0.05, 0.1) is 18.2 Å². The van der Waals surface area contributed by atoms with E-state index in [1.165, 1.54) is 4.90 Å². The van der Waals surface area contributed by atoms with Gasteiger partial charge in [-0.15, -0.1) is 0 Å². The van der Waals surface area contributed by atoms with Crippen molar-refractivity contribution in [3.63, 3.8) is 0 Å². The minimum Gasteiger partial charge on any atom is -0.507 e. The van der Waals surface area contributed by atoms with Crippen molar-refractivity contribution in [3.8, 4) is 5.75 Å². The van der Waals surface area contributed by atoms with Crippen LogP contribution in [0.4, 0.5) is 0 Å². The first-order chi connectivity index (χ1) is 15.5. The SMILES string of the molecule is CCCCOc1cccc(C(O)=C2C(=O)C(=O)N(CCCOC)C2c2ccc(I)cc2)c1. The fraction of sp³-hybridized carbons (Fsp3) is 0.360. The molecule has 0 bridgehead atoms. The number of Topliss-reactive ketones (excluding diaryl/α,β-unsaturated/α-hetero) is 1. The van der Waals surface area contributed by atoms with Gasteiger partial charge in [-0.2, -0.15) is 0 Å². The molecular formula is C25H28INO5. The third kappa shape index (κ3) is 5.50. The van der Waals surface area contributed by atoms with E-state index >= 15 is 0 Å².